The van der Waals surface area contributed by atoms with Gasteiger partial charge < -0.3 is 20.1 Å². The molecule has 23 heavy (non-hydrogen) atoms. The standard InChI is InChI=1S/C16H24N4O2.HI/c1-3-17-16(20-13-8-12-5-6-14(13)22-12)19-10-11-4-7-15(21-2)18-9-11;/h4,7,9,12-14H,3,5-6,8,10H2,1-2H3,(H2,17,19,20);1H. The van der Waals surface area contributed by atoms with Gasteiger partial charge in [0.05, 0.1) is 31.9 Å². The summed E-state index contributed by atoms with van der Waals surface area (Å²) in [5.41, 5.74) is 1.06. The second-order valence-electron chi connectivity index (χ2n) is 5.76. The van der Waals surface area contributed by atoms with Crippen LogP contribution in [0.4, 0.5) is 0 Å². The Bertz CT molecular complexity index is 523. The predicted octanol–water partition coefficient (Wildman–Crippen LogP) is 2.08. The SMILES string of the molecule is CCNC(=NCc1ccc(OC)nc1)NC1CC2CCC1O2.I. The van der Waals surface area contributed by atoms with Gasteiger partial charge in [-0.3, -0.25) is 0 Å². The Morgan fingerprint density at radius 1 is 1.43 bits per heavy atom. The van der Waals surface area contributed by atoms with Gasteiger partial charge in [-0.05, 0) is 31.7 Å². The maximum atomic E-state index is 5.88. The van der Waals surface area contributed by atoms with Crippen LogP contribution in [-0.2, 0) is 11.3 Å². The Morgan fingerprint density at radius 3 is 2.87 bits per heavy atom. The summed E-state index contributed by atoms with van der Waals surface area (Å²) in [6.45, 7) is 3.51. The third kappa shape index (κ3) is 4.69. The summed E-state index contributed by atoms with van der Waals surface area (Å²) in [5, 5.41) is 6.81. The van der Waals surface area contributed by atoms with Crippen LogP contribution in [0, 0.1) is 0 Å². The highest BCUT2D eigenvalue weighted by atomic mass is 127. The molecule has 0 saturated carbocycles. The molecule has 2 aliphatic heterocycles. The zero-order chi connectivity index (χ0) is 15.4. The van der Waals surface area contributed by atoms with Crippen LogP contribution in [0.15, 0.2) is 23.3 Å². The molecule has 0 aromatic carbocycles. The van der Waals surface area contributed by atoms with Gasteiger partial charge in [0.1, 0.15) is 0 Å². The Hall–Kier alpha value is -1.09. The van der Waals surface area contributed by atoms with Crippen molar-refractivity contribution in [2.45, 2.75) is 51.0 Å². The normalized spacial score (nSPS) is 25.8. The van der Waals surface area contributed by atoms with Gasteiger partial charge in [-0.25, -0.2) is 9.98 Å². The molecule has 0 radical (unpaired) electrons. The summed E-state index contributed by atoms with van der Waals surface area (Å²) in [6.07, 6.45) is 6.02. The number of hydrogen-bond acceptors (Lipinski definition) is 4. The summed E-state index contributed by atoms with van der Waals surface area (Å²) < 4.78 is 10.9. The minimum atomic E-state index is 0. The second kappa shape index (κ2) is 8.68. The van der Waals surface area contributed by atoms with Crippen molar-refractivity contribution in [3.63, 3.8) is 0 Å². The molecular weight excluding hydrogens is 407 g/mol. The molecule has 7 heteroatoms. The molecule has 3 atom stereocenters. The van der Waals surface area contributed by atoms with E-state index in [1.54, 1.807) is 13.3 Å². The van der Waals surface area contributed by atoms with Crippen LogP contribution < -0.4 is 15.4 Å². The van der Waals surface area contributed by atoms with Gasteiger partial charge in [0, 0.05) is 18.8 Å². The molecular formula is C16H25IN4O2. The molecule has 3 rings (SSSR count). The van der Waals surface area contributed by atoms with Gasteiger partial charge in [-0.1, -0.05) is 6.07 Å². The van der Waals surface area contributed by atoms with E-state index in [2.05, 4.69) is 27.5 Å². The molecule has 0 aliphatic carbocycles. The monoisotopic (exact) mass is 432 g/mol. The average Bonchev–Trinajstić information content (AvgIpc) is 3.16. The molecule has 6 nitrogen and oxygen atoms in total. The number of hydrogen-bond donors (Lipinski definition) is 2. The van der Waals surface area contributed by atoms with E-state index in [-0.39, 0.29) is 24.0 Å². The lowest BCUT2D eigenvalue weighted by Crippen LogP contribution is -2.47. The van der Waals surface area contributed by atoms with Crippen LogP contribution in [0.3, 0.4) is 0 Å². The fourth-order valence-electron chi connectivity index (χ4n) is 3.08. The molecule has 2 fully saturated rings. The molecule has 1 aromatic heterocycles. The highest BCUT2D eigenvalue weighted by Gasteiger charge is 2.41. The largest absolute Gasteiger partial charge is 0.481 e. The van der Waals surface area contributed by atoms with E-state index < -0.39 is 0 Å². The summed E-state index contributed by atoms with van der Waals surface area (Å²) in [4.78, 5) is 8.85. The first kappa shape index (κ1) is 18.3. The first-order valence-corrected chi connectivity index (χ1v) is 7.97. The van der Waals surface area contributed by atoms with Gasteiger partial charge >= 0.3 is 0 Å². The number of aromatic nitrogens is 1. The number of fused-ring (bicyclic) bond motifs is 2. The number of aliphatic imine (C=N–C) groups is 1. The van der Waals surface area contributed by atoms with Crippen molar-refractivity contribution in [3.05, 3.63) is 23.9 Å². The summed E-state index contributed by atoms with van der Waals surface area (Å²) in [5.74, 6) is 1.47. The van der Waals surface area contributed by atoms with E-state index in [0.29, 0.717) is 30.7 Å². The molecule has 2 bridgehead atoms. The Balaban J connectivity index is 0.00000192. The average molecular weight is 432 g/mol. The minimum absolute atomic E-state index is 0. The van der Waals surface area contributed by atoms with Crippen LogP contribution in [0.5, 0.6) is 5.88 Å². The second-order valence-corrected chi connectivity index (χ2v) is 5.76. The highest BCUT2D eigenvalue weighted by Crippen LogP contribution is 2.34. The van der Waals surface area contributed by atoms with Crippen molar-refractivity contribution < 1.29 is 9.47 Å². The van der Waals surface area contributed by atoms with Crippen molar-refractivity contribution in [1.82, 2.24) is 15.6 Å². The van der Waals surface area contributed by atoms with E-state index >= 15 is 0 Å². The molecule has 0 amide bonds. The summed E-state index contributed by atoms with van der Waals surface area (Å²) in [7, 11) is 1.62. The lowest BCUT2D eigenvalue weighted by atomic mass is 9.96. The van der Waals surface area contributed by atoms with Gasteiger partial charge in [0.15, 0.2) is 5.96 Å². The van der Waals surface area contributed by atoms with Crippen LogP contribution >= 0.6 is 24.0 Å². The third-order valence-corrected chi connectivity index (χ3v) is 4.20. The molecule has 3 heterocycles. The zero-order valence-corrected chi connectivity index (χ0v) is 15.9. The van der Waals surface area contributed by atoms with E-state index in [1.807, 2.05) is 12.1 Å². The van der Waals surface area contributed by atoms with Crippen LogP contribution in [-0.4, -0.2) is 42.8 Å². The van der Waals surface area contributed by atoms with Crippen LogP contribution in [0.25, 0.3) is 0 Å². The fourth-order valence-corrected chi connectivity index (χ4v) is 3.08. The number of pyridine rings is 1. The Kier molecular flexibility index (Phi) is 6.88. The summed E-state index contributed by atoms with van der Waals surface area (Å²) in [6, 6.07) is 4.22. The number of methoxy groups -OCH3 is 1. The van der Waals surface area contributed by atoms with Gasteiger partial charge in [0.2, 0.25) is 5.88 Å². The quantitative estimate of drug-likeness (QED) is 0.424. The maximum Gasteiger partial charge on any atom is 0.212 e. The van der Waals surface area contributed by atoms with E-state index in [1.165, 1.54) is 6.42 Å². The highest BCUT2D eigenvalue weighted by molar-refractivity contribution is 14.0. The Labute approximate surface area is 154 Å². The lowest BCUT2D eigenvalue weighted by Gasteiger charge is -2.22. The molecule has 3 unspecified atom stereocenters. The predicted molar refractivity (Wildman–Crippen MR) is 100 cm³/mol. The minimum Gasteiger partial charge on any atom is -0.481 e. The van der Waals surface area contributed by atoms with E-state index in [9.17, 15) is 0 Å². The number of nitrogens with one attached hydrogen (secondary N) is 2. The third-order valence-electron chi connectivity index (χ3n) is 4.20. The molecule has 2 saturated heterocycles. The first-order chi connectivity index (χ1) is 10.8. The zero-order valence-electron chi connectivity index (χ0n) is 13.6. The number of guanidine groups is 1. The number of halogens is 1. The molecule has 2 N–H and O–H groups in total. The van der Waals surface area contributed by atoms with Crippen molar-refractivity contribution in [2.24, 2.45) is 4.99 Å². The number of nitrogens with zero attached hydrogens (tertiary/aromatic N) is 2. The Morgan fingerprint density at radius 2 is 2.30 bits per heavy atom. The van der Waals surface area contributed by atoms with Gasteiger partial charge in [0.25, 0.3) is 0 Å². The maximum absolute atomic E-state index is 5.88. The molecule has 2 aliphatic rings. The molecule has 0 spiro atoms. The molecule has 1 aromatic rings. The smallest absolute Gasteiger partial charge is 0.212 e. The number of ether oxygens (including phenoxy) is 2. The van der Waals surface area contributed by atoms with Crippen LogP contribution in [0.2, 0.25) is 0 Å². The first-order valence-electron chi connectivity index (χ1n) is 7.97. The van der Waals surface area contributed by atoms with Crippen LogP contribution in [0.1, 0.15) is 31.7 Å². The van der Waals surface area contributed by atoms with E-state index in [4.69, 9.17) is 9.47 Å². The van der Waals surface area contributed by atoms with Crippen molar-refractivity contribution >= 4 is 29.9 Å². The number of rotatable bonds is 5. The van der Waals surface area contributed by atoms with Crippen molar-refractivity contribution in [3.8, 4) is 5.88 Å². The fraction of sp³-hybridized carbons (Fsp3) is 0.625. The van der Waals surface area contributed by atoms with Crippen molar-refractivity contribution in [2.75, 3.05) is 13.7 Å². The summed E-state index contributed by atoms with van der Waals surface area (Å²) >= 11 is 0. The van der Waals surface area contributed by atoms with E-state index in [0.717, 1.165) is 30.9 Å². The topological polar surface area (TPSA) is 67.8 Å². The van der Waals surface area contributed by atoms with Gasteiger partial charge in [-0.2, -0.15) is 0 Å². The van der Waals surface area contributed by atoms with Gasteiger partial charge in [-0.15, -0.1) is 24.0 Å². The van der Waals surface area contributed by atoms with Crippen molar-refractivity contribution in [1.29, 1.82) is 0 Å². The lowest BCUT2D eigenvalue weighted by molar-refractivity contribution is 0.0992. The molecule has 128 valence electrons.